The van der Waals surface area contributed by atoms with Gasteiger partial charge in [-0.25, -0.2) is 0 Å². The standard InChI is InChI=1S/C16H24N2OS/c1-12-4-3-5-14(18-12)15(17-2)13-6-8-19-16(10-13)7-9-20-11-16/h3-5,13,15,17H,6-11H2,1-2H3. The van der Waals surface area contributed by atoms with E-state index in [0.717, 1.165) is 18.7 Å². The van der Waals surface area contributed by atoms with Crippen molar-refractivity contribution in [3.8, 4) is 0 Å². The van der Waals surface area contributed by atoms with Gasteiger partial charge in [-0.15, -0.1) is 0 Å². The number of ether oxygens (including phenoxy) is 1. The second kappa shape index (κ2) is 6.04. The molecule has 0 amide bonds. The number of nitrogens with zero attached hydrogens (tertiary/aromatic N) is 1. The van der Waals surface area contributed by atoms with Gasteiger partial charge in [0.2, 0.25) is 0 Å². The molecular weight excluding hydrogens is 268 g/mol. The van der Waals surface area contributed by atoms with Gasteiger partial charge in [0.25, 0.3) is 0 Å². The summed E-state index contributed by atoms with van der Waals surface area (Å²) in [5.41, 5.74) is 2.42. The Labute approximate surface area is 125 Å². The number of nitrogens with one attached hydrogen (secondary N) is 1. The summed E-state index contributed by atoms with van der Waals surface area (Å²) in [6.07, 6.45) is 3.51. The number of thioether (sulfide) groups is 1. The fraction of sp³-hybridized carbons (Fsp3) is 0.688. The van der Waals surface area contributed by atoms with Crippen molar-refractivity contribution in [2.45, 2.75) is 37.8 Å². The zero-order valence-corrected chi connectivity index (χ0v) is 13.2. The number of hydrogen-bond acceptors (Lipinski definition) is 4. The molecule has 2 aliphatic heterocycles. The Balaban J connectivity index is 1.78. The van der Waals surface area contributed by atoms with Crippen molar-refractivity contribution in [2.24, 2.45) is 5.92 Å². The Hall–Kier alpha value is -0.580. The van der Waals surface area contributed by atoms with Crippen molar-refractivity contribution in [1.29, 1.82) is 0 Å². The molecule has 1 N–H and O–H groups in total. The van der Waals surface area contributed by atoms with E-state index in [2.05, 4.69) is 37.5 Å². The summed E-state index contributed by atoms with van der Waals surface area (Å²) in [7, 11) is 2.06. The number of hydrogen-bond donors (Lipinski definition) is 1. The second-order valence-corrected chi connectivity index (χ2v) is 7.16. The van der Waals surface area contributed by atoms with Crippen molar-refractivity contribution < 1.29 is 4.74 Å². The Morgan fingerprint density at radius 1 is 1.50 bits per heavy atom. The maximum atomic E-state index is 6.14. The summed E-state index contributed by atoms with van der Waals surface area (Å²) in [5, 5.41) is 3.50. The topological polar surface area (TPSA) is 34.2 Å². The molecule has 4 heteroatoms. The first-order chi connectivity index (χ1) is 9.72. The minimum atomic E-state index is 0.145. The maximum Gasteiger partial charge on any atom is 0.0783 e. The highest BCUT2D eigenvalue weighted by Crippen LogP contribution is 2.43. The molecule has 110 valence electrons. The lowest BCUT2D eigenvalue weighted by molar-refractivity contribution is -0.0852. The van der Waals surface area contributed by atoms with Crippen LogP contribution in [-0.4, -0.2) is 35.7 Å². The van der Waals surface area contributed by atoms with E-state index in [0.29, 0.717) is 12.0 Å². The second-order valence-electron chi connectivity index (χ2n) is 6.06. The van der Waals surface area contributed by atoms with Crippen molar-refractivity contribution >= 4 is 11.8 Å². The predicted molar refractivity (Wildman–Crippen MR) is 84.1 cm³/mol. The molecule has 1 aromatic rings. The van der Waals surface area contributed by atoms with E-state index < -0.39 is 0 Å². The van der Waals surface area contributed by atoms with Crippen molar-refractivity contribution in [1.82, 2.24) is 10.3 Å². The van der Waals surface area contributed by atoms with Gasteiger partial charge in [-0.2, -0.15) is 11.8 Å². The van der Waals surface area contributed by atoms with E-state index in [-0.39, 0.29) is 5.60 Å². The Kier molecular flexibility index (Phi) is 4.34. The van der Waals surface area contributed by atoms with Crippen LogP contribution in [0.15, 0.2) is 18.2 Å². The van der Waals surface area contributed by atoms with Gasteiger partial charge in [-0.1, -0.05) is 6.07 Å². The average Bonchev–Trinajstić information content (AvgIpc) is 2.88. The zero-order valence-electron chi connectivity index (χ0n) is 12.4. The normalized spacial score (nSPS) is 31.6. The summed E-state index contributed by atoms with van der Waals surface area (Å²) in [5.74, 6) is 3.04. The van der Waals surface area contributed by atoms with E-state index in [4.69, 9.17) is 9.72 Å². The first-order valence-electron chi connectivity index (χ1n) is 7.55. The third kappa shape index (κ3) is 2.87. The van der Waals surface area contributed by atoms with Gasteiger partial charge in [0.05, 0.1) is 17.3 Å². The summed E-state index contributed by atoms with van der Waals surface area (Å²) in [4.78, 5) is 4.73. The van der Waals surface area contributed by atoms with Gasteiger partial charge in [0, 0.05) is 18.1 Å². The minimum Gasteiger partial charge on any atom is -0.374 e. The molecule has 1 spiro atoms. The van der Waals surface area contributed by atoms with Crippen molar-refractivity contribution in [2.75, 3.05) is 25.2 Å². The lowest BCUT2D eigenvalue weighted by atomic mass is 9.80. The molecule has 0 saturated carbocycles. The van der Waals surface area contributed by atoms with Gasteiger partial charge < -0.3 is 10.1 Å². The van der Waals surface area contributed by atoms with Crippen LogP contribution < -0.4 is 5.32 Å². The molecule has 0 aliphatic carbocycles. The molecular formula is C16H24N2OS. The van der Waals surface area contributed by atoms with E-state index in [1.54, 1.807) is 0 Å². The fourth-order valence-corrected chi connectivity index (χ4v) is 4.95. The Morgan fingerprint density at radius 2 is 2.40 bits per heavy atom. The Bertz CT molecular complexity index is 460. The molecule has 0 bridgehead atoms. The van der Waals surface area contributed by atoms with Crippen LogP contribution in [0.4, 0.5) is 0 Å². The molecule has 1 aromatic heterocycles. The van der Waals surface area contributed by atoms with Crippen LogP contribution in [0.3, 0.4) is 0 Å². The smallest absolute Gasteiger partial charge is 0.0783 e. The number of pyridine rings is 1. The molecule has 3 atom stereocenters. The average molecular weight is 292 g/mol. The molecule has 3 unspecified atom stereocenters. The highest BCUT2D eigenvalue weighted by Gasteiger charge is 2.42. The lowest BCUT2D eigenvalue weighted by Gasteiger charge is -2.40. The molecule has 0 radical (unpaired) electrons. The Morgan fingerprint density at radius 3 is 3.10 bits per heavy atom. The van der Waals surface area contributed by atoms with Crippen LogP contribution in [0, 0.1) is 12.8 Å². The molecule has 2 fully saturated rings. The third-order valence-corrected chi connectivity index (χ3v) is 5.83. The molecule has 0 aromatic carbocycles. The van der Waals surface area contributed by atoms with Crippen LogP contribution >= 0.6 is 11.8 Å². The van der Waals surface area contributed by atoms with E-state index in [9.17, 15) is 0 Å². The summed E-state index contributed by atoms with van der Waals surface area (Å²) in [6, 6.07) is 6.68. The van der Waals surface area contributed by atoms with Crippen molar-refractivity contribution in [3.63, 3.8) is 0 Å². The molecule has 2 aliphatic rings. The van der Waals surface area contributed by atoms with Gasteiger partial charge in [-0.05, 0) is 57.0 Å². The molecule has 3 nitrogen and oxygen atoms in total. The van der Waals surface area contributed by atoms with Crippen LogP contribution in [0.25, 0.3) is 0 Å². The fourth-order valence-electron chi connectivity index (χ4n) is 3.58. The highest BCUT2D eigenvalue weighted by atomic mass is 32.2. The number of aryl methyl sites for hydroxylation is 1. The molecule has 3 heterocycles. The monoisotopic (exact) mass is 292 g/mol. The van der Waals surface area contributed by atoms with Crippen LogP contribution in [0.5, 0.6) is 0 Å². The van der Waals surface area contributed by atoms with E-state index in [1.807, 2.05) is 11.8 Å². The summed E-state index contributed by atoms with van der Waals surface area (Å²) >= 11 is 2.04. The van der Waals surface area contributed by atoms with Gasteiger partial charge in [0.15, 0.2) is 0 Å². The first kappa shape index (κ1) is 14.4. The van der Waals surface area contributed by atoms with Gasteiger partial charge in [-0.3, -0.25) is 4.98 Å². The van der Waals surface area contributed by atoms with Crippen molar-refractivity contribution in [3.05, 3.63) is 29.6 Å². The molecule has 20 heavy (non-hydrogen) atoms. The van der Waals surface area contributed by atoms with Gasteiger partial charge >= 0.3 is 0 Å². The molecule has 2 saturated heterocycles. The number of rotatable bonds is 3. The summed E-state index contributed by atoms with van der Waals surface area (Å²) in [6.45, 7) is 2.96. The minimum absolute atomic E-state index is 0.145. The largest absolute Gasteiger partial charge is 0.374 e. The van der Waals surface area contributed by atoms with E-state index >= 15 is 0 Å². The maximum absolute atomic E-state index is 6.14. The summed E-state index contributed by atoms with van der Waals surface area (Å²) < 4.78 is 6.14. The molecule has 3 rings (SSSR count). The van der Waals surface area contributed by atoms with E-state index in [1.165, 1.54) is 30.0 Å². The third-order valence-electron chi connectivity index (χ3n) is 4.61. The number of aromatic nitrogens is 1. The zero-order chi connectivity index (χ0) is 14.0. The van der Waals surface area contributed by atoms with Crippen LogP contribution in [0.1, 0.15) is 36.7 Å². The first-order valence-corrected chi connectivity index (χ1v) is 8.70. The lowest BCUT2D eigenvalue weighted by Crippen LogP contribution is -2.43. The SMILES string of the molecule is CNC(c1cccc(C)n1)C1CCOC2(CCSC2)C1. The van der Waals surface area contributed by atoms with Crippen LogP contribution in [-0.2, 0) is 4.74 Å². The highest BCUT2D eigenvalue weighted by molar-refractivity contribution is 7.99. The van der Waals surface area contributed by atoms with Gasteiger partial charge in [0.1, 0.15) is 0 Å². The van der Waals surface area contributed by atoms with Crippen LogP contribution in [0.2, 0.25) is 0 Å². The quantitative estimate of drug-likeness (QED) is 0.929. The predicted octanol–water partition coefficient (Wildman–Crippen LogP) is 2.95.